The van der Waals surface area contributed by atoms with E-state index in [4.69, 9.17) is 5.73 Å². The molecule has 3 aromatic rings. The normalized spacial score (nSPS) is 10.8. The predicted octanol–water partition coefficient (Wildman–Crippen LogP) is 0.951. The first-order chi connectivity index (χ1) is 9.20. The summed E-state index contributed by atoms with van der Waals surface area (Å²) in [5.41, 5.74) is 6.63. The van der Waals surface area contributed by atoms with E-state index in [9.17, 15) is 0 Å². The lowest BCUT2D eigenvalue weighted by Gasteiger charge is -2.02. The smallest absolute Gasteiger partial charge is 0.257 e. The lowest BCUT2D eigenvalue weighted by molar-refractivity contribution is 0.763. The maximum Gasteiger partial charge on any atom is 0.257 e. The van der Waals surface area contributed by atoms with Gasteiger partial charge in [0.05, 0.1) is 0 Å². The molecule has 0 radical (unpaired) electrons. The molecule has 0 unspecified atom stereocenters. The number of nitrogen functional groups attached to an aromatic ring is 1. The van der Waals surface area contributed by atoms with E-state index in [2.05, 4.69) is 30.0 Å². The van der Waals surface area contributed by atoms with Gasteiger partial charge in [-0.25, -0.2) is 9.97 Å². The summed E-state index contributed by atoms with van der Waals surface area (Å²) in [5, 5.41) is 6.40. The van der Waals surface area contributed by atoms with Gasteiger partial charge in [0.1, 0.15) is 12.7 Å². The van der Waals surface area contributed by atoms with Gasteiger partial charge in [0.25, 0.3) is 5.95 Å². The number of hydrogen-bond acceptors (Lipinski definition) is 9. The fraction of sp³-hybridized carbons (Fsp3) is 0.111. The van der Waals surface area contributed by atoms with Gasteiger partial charge in [0.2, 0.25) is 11.1 Å². The zero-order valence-electron chi connectivity index (χ0n) is 9.76. The average molecular weight is 292 g/mol. The monoisotopic (exact) mass is 292 g/mol. The van der Waals surface area contributed by atoms with Crippen molar-refractivity contribution < 1.29 is 0 Å². The molecule has 3 aromatic heterocycles. The van der Waals surface area contributed by atoms with Crippen molar-refractivity contribution in [2.24, 2.45) is 0 Å². The van der Waals surface area contributed by atoms with Crippen molar-refractivity contribution >= 4 is 29.0 Å². The van der Waals surface area contributed by atoms with Crippen LogP contribution in [0.25, 0.3) is 5.95 Å². The SMILES string of the molecule is Cc1csc(Sc2nc(N)nc(-n3cncn3)n2)n1. The van der Waals surface area contributed by atoms with Crippen LogP contribution in [0.3, 0.4) is 0 Å². The van der Waals surface area contributed by atoms with E-state index in [0.717, 1.165) is 10.0 Å². The Morgan fingerprint density at radius 2 is 2.16 bits per heavy atom. The molecule has 19 heavy (non-hydrogen) atoms. The predicted molar refractivity (Wildman–Crippen MR) is 70.1 cm³/mol. The van der Waals surface area contributed by atoms with Gasteiger partial charge in [-0.3, -0.25) is 0 Å². The van der Waals surface area contributed by atoms with Crippen LogP contribution >= 0.6 is 23.1 Å². The van der Waals surface area contributed by atoms with Crippen LogP contribution in [0.4, 0.5) is 5.95 Å². The molecule has 96 valence electrons. The van der Waals surface area contributed by atoms with Crippen LogP contribution in [0, 0.1) is 6.92 Å². The van der Waals surface area contributed by atoms with E-state index in [1.165, 1.54) is 40.4 Å². The molecule has 0 saturated heterocycles. The first-order valence-electron chi connectivity index (χ1n) is 5.17. The van der Waals surface area contributed by atoms with Crippen molar-refractivity contribution in [3.05, 3.63) is 23.7 Å². The van der Waals surface area contributed by atoms with Crippen molar-refractivity contribution in [2.75, 3.05) is 5.73 Å². The molecule has 0 spiro atoms. The maximum absolute atomic E-state index is 5.67. The number of rotatable bonds is 3. The molecule has 0 aliphatic carbocycles. The number of nitrogens with two attached hydrogens (primary N) is 1. The topological polar surface area (TPSA) is 108 Å². The van der Waals surface area contributed by atoms with Crippen LogP contribution < -0.4 is 5.73 Å². The van der Waals surface area contributed by atoms with Gasteiger partial charge in [-0.1, -0.05) is 0 Å². The standard InChI is InChI=1S/C9H8N8S2/c1-5-2-18-9(13-5)19-8-15-6(10)14-7(16-8)17-4-11-3-12-17/h2-4H,1H3,(H2,10,14,15,16). The second kappa shape index (κ2) is 4.90. The van der Waals surface area contributed by atoms with E-state index >= 15 is 0 Å². The summed E-state index contributed by atoms with van der Waals surface area (Å²) in [7, 11) is 0. The minimum atomic E-state index is 0.135. The van der Waals surface area contributed by atoms with Crippen molar-refractivity contribution in [3.63, 3.8) is 0 Å². The van der Waals surface area contributed by atoms with Crippen molar-refractivity contribution in [1.82, 2.24) is 34.7 Å². The molecule has 0 aromatic carbocycles. The molecule has 0 aliphatic heterocycles. The zero-order valence-corrected chi connectivity index (χ0v) is 11.4. The van der Waals surface area contributed by atoms with Gasteiger partial charge < -0.3 is 5.73 Å². The van der Waals surface area contributed by atoms with E-state index in [1.807, 2.05) is 12.3 Å². The van der Waals surface area contributed by atoms with Gasteiger partial charge in [0.15, 0.2) is 4.34 Å². The van der Waals surface area contributed by atoms with E-state index < -0.39 is 0 Å². The van der Waals surface area contributed by atoms with Gasteiger partial charge in [0, 0.05) is 11.1 Å². The molecule has 10 heteroatoms. The maximum atomic E-state index is 5.67. The quantitative estimate of drug-likeness (QED) is 0.760. The van der Waals surface area contributed by atoms with E-state index in [0.29, 0.717) is 11.1 Å². The first-order valence-corrected chi connectivity index (χ1v) is 6.87. The highest BCUT2D eigenvalue weighted by Gasteiger charge is 2.10. The van der Waals surface area contributed by atoms with Crippen molar-refractivity contribution in [1.29, 1.82) is 0 Å². The van der Waals surface area contributed by atoms with Crippen LogP contribution in [-0.2, 0) is 0 Å². The summed E-state index contributed by atoms with van der Waals surface area (Å²) in [6, 6.07) is 0. The molecular weight excluding hydrogens is 284 g/mol. The Labute approximate surface area is 116 Å². The Kier molecular flexibility index (Phi) is 3.09. The number of aryl methyl sites for hydroxylation is 1. The number of nitrogens with zero attached hydrogens (tertiary/aromatic N) is 7. The fourth-order valence-corrected chi connectivity index (χ4v) is 2.97. The highest BCUT2D eigenvalue weighted by molar-refractivity contribution is 8.00. The number of thiazole rings is 1. The largest absolute Gasteiger partial charge is 0.368 e. The van der Waals surface area contributed by atoms with E-state index in [-0.39, 0.29) is 5.95 Å². The summed E-state index contributed by atoms with van der Waals surface area (Å²) in [5.74, 6) is 0.469. The fourth-order valence-electron chi connectivity index (χ4n) is 1.28. The van der Waals surface area contributed by atoms with Gasteiger partial charge in [-0.05, 0) is 18.7 Å². The zero-order chi connectivity index (χ0) is 13.2. The summed E-state index contributed by atoms with van der Waals surface area (Å²) in [4.78, 5) is 20.5. The average Bonchev–Trinajstić information content (AvgIpc) is 3.00. The third kappa shape index (κ3) is 2.69. The molecular formula is C9H8N8S2. The third-order valence-electron chi connectivity index (χ3n) is 2.02. The van der Waals surface area contributed by atoms with Gasteiger partial charge >= 0.3 is 0 Å². The Balaban J connectivity index is 1.94. The second-order valence-electron chi connectivity index (χ2n) is 3.47. The molecule has 0 fully saturated rings. The molecule has 3 rings (SSSR count). The molecule has 0 atom stereocenters. The Morgan fingerprint density at radius 1 is 1.26 bits per heavy atom. The Hall–Kier alpha value is -2.07. The molecule has 8 nitrogen and oxygen atoms in total. The lowest BCUT2D eigenvalue weighted by Crippen LogP contribution is -2.07. The first kappa shape index (κ1) is 12.0. The molecule has 0 saturated carbocycles. The Bertz CT molecular complexity index is 692. The van der Waals surface area contributed by atoms with Crippen LogP contribution in [0.15, 0.2) is 27.5 Å². The van der Waals surface area contributed by atoms with Crippen LogP contribution in [-0.4, -0.2) is 34.7 Å². The number of anilines is 1. The van der Waals surface area contributed by atoms with Crippen LogP contribution in [0.1, 0.15) is 5.69 Å². The van der Waals surface area contributed by atoms with Gasteiger partial charge in [-0.15, -0.1) is 11.3 Å². The highest BCUT2D eigenvalue weighted by atomic mass is 32.2. The summed E-state index contributed by atoms with van der Waals surface area (Å²) in [6.45, 7) is 1.93. The molecule has 0 amide bonds. The van der Waals surface area contributed by atoms with Crippen molar-refractivity contribution in [2.45, 2.75) is 16.4 Å². The molecule has 2 N–H and O–H groups in total. The molecule has 3 heterocycles. The summed E-state index contributed by atoms with van der Waals surface area (Å²) < 4.78 is 2.28. The van der Waals surface area contributed by atoms with Gasteiger partial charge in [-0.2, -0.15) is 24.7 Å². The lowest BCUT2D eigenvalue weighted by atomic mass is 10.6. The number of hydrogen-bond donors (Lipinski definition) is 1. The number of aromatic nitrogens is 7. The minimum absolute atomic E-state index is 0.135. The van der Waals surface area contributed by atoms with Crippen LogP contribution in [0.5, 0.6) is 0 Å². The Morgan fingerprint density at radius 3 is 2.84 bits per heavy atom. The molecule has 0 bridgehead atoms. The minimum Gasteiger partial charge on any atom is -0.368 e. The molecule has 0 aliphatic rings. The summed E-state index contributed by atoms with van der Waals surface area (Å²) in [6.07, 6.45) is 2.90. The second-order valence-corrected chi connectivity index (χ2v) is 5.55. The summed E-state index contributed by atoms with van der Waals surface area (Å²) >= 11 is 2.87. The van der Waals surface area contributed by atoms with Crippen LogP contribution in [0.2, 0.25) is 0 Å². The highest BCUT2D eigenvalue weighted by Crippen LogP contribution is 2.28. The third-order valence-corrected chi connectivity index (χ3v) is 3.94. The van der Waals surface area contributed by atoms with E-state index in [1.54, 1.807) is 0 Å². The van der Waals surface area contributed by atoms with Crippen molar-refractivity contribution in [3.8, 4) is 5.95 Å².